The number of anilines is 1. The minimum atomic E-state index is 0.234. The normalized spacial score (nSPS) is 10.7. The second-order valence-corrected chi connectivity index (χ2v) is 5.13. The zero-order valence-electron chi connectivity index (χ0n) is 12.3. The molecule has 1 N–H and O–H groups in total. The van der Waals surface area contributed by atoms with Gasteiger partial charge in [0, 0.05) is 12.2 Å². The SMILES string of the molecule is CCCCCCNc1ccc(OC(C)C)cc1C. The summed E-state index contributed by atoms with van der Waals surface area (Å²) in [6.07, 6.45) is 5.42. The molecule has 1 aromatic carbocycles. The van der Waals surface area contributed by atoms with Crippen LogP contribution in [0.15, 0.2) is 18.2 Å². The Morgan fingerprint density at radius 1 is 1.17 bits per heavy atom. The maximum absolute atomic E-state index is 5.68. The van der Waals surface area contributed by atoms with Crippen LogP contribution in [0.1, 0.15) is 52.0 Å². The second-order valence-electron chi connectivity index (χ2n) is 5.13. The second kappa shape index (κ2) is 8.02. The number of hydrogen-bond acceptors (Lipinski definition) is 2. The number of ether oxygens (including phenoxy) is 1. The Morgan fingerprint density at radius 2 is 1.94 bits per heavy atom. The summed E-state index contributed by atoms with van der Waals surface area (Å²) in [5.41, 5.74) is 2.48. The standard InChI is InChI=1S/C16H27NO/c1-5-6-7-8-11-17-16-10-9-15(12-14(16)4)18-13(2)3/h9-10,12-13,17H,5-8,11H2,1-4H3. The molecule has 0 bridgehead atoms. The summed E-state index contributed by atoms with van der Waals surface area (Å²) < 4.78 is 5.68. The molecule has 0 unspecified atom stereocenters. The monoisotopic (exact) mass is 249 g/mol. The molecule has 0 saturated carbocycles. The minimum absolute atomic E-state index is 0.234. The summed E-state index contributed by atoms with van der Waals surface area (Å²) in [5.74, 6) is 0.957. The van der Waals surface area contributed by atoms with Crippen LogP contribution in [-0.4, -0.2) is 12.6 Å². The lowest BCUT2D eigenvalue weighted by atomic mass is 10.1. The Bertz CT molecular complexity index is 347. The van der Waals surface area contributed by atoms with Crippen LogP contribution < -0.4 is 10.1 Å². The van der Waals surface area contributed by atoms with Gasteiger partial charge in [0.1, 0.15) is 5.75 Å². The van der Waals surface area contributed by atoms with E-state index in [-0.39, 0.29) is 6.10 Å². The fourth-order valence-electron chi connectivity index (χ4n) is 1.95. The Balaban J connectivity index is 2.42. The van der Waals surface area contributed by atoms with Crippen molar-refractivity contribution in [2.24, 2.45) is 0 Å². The molecule has 0 radical (unpaired) electrons. The van der Waals surface area contributed by atoms with Gasteiger partial charge in [-0.1, -0.05) is 26.2 Å². The van der Waals surface area contributed by atoms with Crippen LogP contribution in [0.2, 0.25) is 0 Å². The van der Waals surface area contributed by atoms with Crippen LogP contribution in [0.4, 0.5) is 5.69 Å². The average Bonchev–Trinajstić information content (AvgIpc) is 2.30. The van der Waals surface area contributed by atoms with E-state index in [4.69, 9.17) is 4.74 Å². The van der Waals surface area contributed by atoms with Crippen LogP contribution in [0.3, 0.4) is 0 Å². The van der Waals surface area contributed by atoms with Crippen molar-refractivity contribution in [2.45, 2.75) is 59.5 Å². The lowest BCUT2D eigenvalue weighted by Gasteiger charge is -2.13. The zero-order valence-corrected chi connectivity index (χ0v) is 12.3. The van der Waals surface area contributed by atoms with E-state index in [1.54, 1.807) is 0 Å². The highest BCUT2D eigenvalue weighted by atomic mass is 16.5. The molecule has 102 valence electrons. The molecule has 1 rings (SSSR count). The van der Waals surface area contributed by atoms with Crippen molar-refractivity contribution < 1.29 is 4.74 Å². The number of nitrogens with one attached hydrogen (secondary N) is 1. The lowest BCUT2D eigenvalue weighted by molar-refractivity contribution is 0.242. The van der Waals surface area contributed by atoms with E-state index >= 15 is 0 Å². The van der Waals surface area contributed by atoms with Crippen LogP contribution >= 0.6 is 0 Å². The highest BCUT2D eigenvalue weighted by molar-refractivity contribution is 5.53. The van der Waals surface area contributed by atoms with E-state index in [0.717, 1.165) is 12.3 Å². The molecule has 2 heteroatoms. The first-order chi connectivity index (χ1) is 8.63. The zero-order chi connectivity index (χ0) is 13.4. The van der Waals surface area contributed by atoms with Gasteiger partial charge < -0.3 is 10.1 Å². The number of rotatable bonds is 8. The molecule has 0 spiro atoms. The van der Waals surface area contributed by atoms with Gasteiger partial charge >= 0.3 is 0 Å². The summed E-state index contributed by atoms with van der Waals surface area (Å²) in [4.78, 5) is 0. The van der Waals surface area contributed by atoms with Crippen LogP contribution in [-0.2, 0) is 0 Å². The third kappa shape index (κ3) is 5.44. The van der Waals surface area contributed by atoms with E-state index in [1.165, 1.54) is 36.9 Å². The Kier molecular flexibility index (Phi) is 6.63. The molecule has 0 fully saturated rings. The minimum Gasteiger partial charge on any atom is -0.491 e. The van der Waals surface area contributed by atoms with Gasteiger partial charge in [0.2, 0.25) is 0 Å². The first-order valence-electron chi connectivity index (χ1n) is 7.14. The summed E-state index contributed by atoms with van der Waals surface area (Å²) in [7, 11) is 0. The summed E-state index contributed by atoms with van der Waals surface area (Å²) in [6, 6.07) is 6.27. The summed E-state index contributed by atoms with van der Waals surface area (Å²) >= 11 is 0. The van der Waals surface area contributed by atoms with Gasteiger partial charge in [0.05, 0.1) is 6.10 Å². The van der Waals surface area contributed by atoms with Gasteiger partial charge in [0.15, 0.2) is 0 Å². The van der Waals surface area contributed by atoms with Crippen molar-refractivity contribution in [1.82, 2.24) is 0 Å². The highest BCUT2D eigenvalue weighted by Gasteiger charge is 2.02. The predicted molar refractivity (Wildman–Crippen MR) is 79.6 cm³/mol. The Hall–Kier alpha value is -1.18. The molecule has 0 aromatic heterocycles. The molecule has 18 heavy (non-hydrogen) atoms. The van der Waals surface area contributed by atoms with Gasteiger partial charge in [-0.15, -0.1) is 0 Å². The van der Waals surface area contributed by atoms with E-state index in [9.17, 15) is 0 Å². The van der Waals surface area contributed by atoms with E-state index in [0.29, 0.717) is 0 Å². The summed E-state index contributed by atoms with van der Waals surface area (Å²) in [5, 5.41) is 3.50. The van der Waals surface area contributed by atoms with Crippen molar-refractivity contribution >= 4 is 5.69 Å². The molecule has 0 amide bonds. The molecule has 1 aromatic rings. The van der Waals surface area contributed by atoms with Crippen LogP contribution in [0.25, 0.3) is 0 Å². The first kappa shape index (κ1) is 14.9. The molecule has 2 nitrogen and oxygen atoms in total. The van der Waals surface area contributed by atoms with Crippen molar-refractivity contribution in [3.63, 3.8) is 0 Å². The molecule has 0 aliphatic heterocycles. The van der Waals surface area contributed by atoms with E-state index in [1.807, 2.05) is 6.07 Å². The maximum Gasteiger partial charge on any atom is 0.120 e. The Labute approximate surface area is 112 Å². The fraction of sp³-hybridized carbons (Fsp3) is 0.625. The number of benzene rings is 1. The molecule has 0 saturated heterocycles. The fourth-order valence-corrected chi connectivity index (χ4v) is 1.95. The predicted octanol–water partition coefficient (Wildman–Crippen LogP) is 4.77. The molecular formula is C16H27NO. The molecule has 0 aliphatic rings. The molecule has 0 heterocycles. The number of aryl methyl sites for hydroxylation is 1. The molecular weight excluding hydrogens is 222 g/mol. The van der Waals surface area contributed by atoms with E-state index in [2.05, 4.69) is 45.1 Å². The first-order valence-corrected chi connectivity index (χ1v) is 7.14. The Morgan fingerprint density at radius 3 is 2.56 bits per heavy atom. The van der Waals surface area contributed by atoms with Gasteiger partial charge in [-0.25, -0.2) is 0 Å². The lowest BCUT2D eigenvalue weighted by Crippen LogP contribution is -2.07. The molecule has 0 atom stereocenters. The smallest absolute Gasteiger partial charge is 0.120 e. The van der Waals surface area contributed by atoms with Gasteiger partial charge in [-0.05, 0) is 51.0 Å². The van der Waals surface area contributed by atoms with Gasteiger partial charge in [0.25, 0.3) is 0 Å². The van der Waals surface area contributed by atoms with Crippen molar-refractivity contribution in [1.29, 1.82) is 0 Å². The maximum atomic E-state index is 5.68. The van der Waals surface area contributed by atoms with Crippen LogP contribution in [0.5, 0.6) is 5.75 Å². The van der Waals surface area contributed by atoms with Crippen molar-refractivity contribution in [2.75, 3.05) is 11.9 Å². The van der Waals surface area contributed by atoms with Crippen molar-refractivity contribution in [3.05, 3.63) is 23.8 Å². The topological polar surface area (TPSA) is 21.3 Å². The number of unbranched alkanes of at least 4 members (excludes halogenated alkanes) is 3. The quantitative estimate of drug-likeness (QED) is 0.670. The van der Waals surface area contributed by atoms with Crippen molar-refractivity contribution in [3.8, 4) is 5.75 Å². The summed E-state index contributed by atoms with van der Waals surface area (Å²) in [6.45, 7) is 9.53. The highest BCUT2D eigenvalue weighted by Crippen LogP contribution is 2.22. The molecule has 0 aliphatic carbocycles. The van der Waals surface area contributed by atoms with E-state index < -0.39 is 0 Å². The van der Waals surface area contributed by atoms with Gasteiger partial charge in [-0.3, -0.25) is 0 Å². The van der Waals surface area contributed by atoms with Gasteiger partial charge in [-0.2, -0.15) is 0 Å². The third-order valence-electron chi connectivity index (χ3n) is 2.92. The van der Waals surface area contributed by atoms with Crippen LogP contribution in [0, 0.1) is 6.92 Å². The average molecular weight is 249 g/mol. The number of hydrogen-bond donors (Lipinski definition) is 1. The largest absolute Gasteiger partial charge is 0.491 e. The third-order valence-corrected chi connectivity index (χ3v) is 2.92.